The fraction of sp³-hybridized carbons (Fsp3) is 0.263. The molecule has 2 heterocycles. The molecule has 2 saturated heterocycles. The number of fused-ring (bicyclic) bond motifs is 1. The van der Waals surface area contributed by atoms with Crippen LogP contribution in [-0.4, -0.2) is 47.4 Å². The Hall–Kier alpha value is -2.82. The molecule has 0 aromatic heterocycles. The van der Waals surface area contributed by atoms with E-state index in [1.807, 2.05) is 65.6 Å². The quantitative estimate of drug-likeness (QED) is 0.871. The first-order valence-electron chi connectivity index (χ1n) is 8.17. The van der Waals surface area contributed by atoms with Crippen molar-refractivity contribution >= 4 is 17.6 Å². The fourth-order valence-corrected chi connectivity index (χ4v) is 3.43. The summed E-state index contributed by atoms with van der Waals surface area (Å²) in [5.74, 6) is 0.0124. The molecule has 2 aromatic rings. The van der Waals surface area contributed by atoms with Gasteiger partial charge in [-0.15, -0.1) is 0 Å². The predicted molar refractivity (Wildman–Crippen MR) is 91.5 cm³/mol. The molecule has 1 atom stereocenters. The number of hydrogen-bond donors (Lipinski definition) is 0. The Morgan fingerprint density at radius 2 is 1.54 bits per heavy atom. The Bertz CT molecular complexity index is 748. The van der Waals surface area contributed by atoms with Crippen LogP contribution in [0.4, 0.5) is 10.5 Å². The fourth-order valence-electron chi connectivity index (χ4n) is 3.43. The topological polar surface area (TPSA) is 43.9 Å². The molecule has 0 bridgehead atoms. The lowest BCUT2D eigenvalue weighted by Crippen LogP contribution is -2.54. The van der Waals surface area contributed by atoms with Gasteiger partial charge < -0.3 is 9.80 Å². The molecule has 5 nitrogen and oxygen atoms in total. The Balaban J connectivity index is 1.51. The zero-order valence-electron chi connectivity index (χ0n) is 13.3. The summed E-state index contributed by atoms with van der Waals surface area (Å²) < 4.78 is 0. The van der Waals surface area contributed by atoms with Crippen molar-refractivity contribution in [2.45, 2.75) is 12.6 Å². The van der Waals surface area contributed by atoms with Gasteiger partial charge in [0.05, 0.1) is 6.04 Å². The summed E-state index contributed by atoms with van der Waals surface area (Å²) in [5.41, 5.74) is 2.00. The van der Waals surface area contributed by atoms with Crippen LogP contribution in [0.5, 0.6) is 0 Å². The van der Waals surface area contributed by atoms with E-state index in [-0.39, 0.29) is 24.5 Å². The second kappa shape index (κ2) is 6.00. The molecule has 2 aliphatic heterocycles. The zero-order chi connectivity index (χ0) is 16.5. The van der Waals surface area contributed by atoms with Crippen LogP contribution in [0.2, 0.25) is 0 Å². The maximum absolute atomic E-state index is 12.6. The normalized spacial score (nSPS) is 20.5. The first-order valence-corrected chi connectivity index (χ1v) is 8.17. The third-order valence-electron chi connectivity index (χ3n) is 4.68. The molecule has 1 unspecified atom stereocenters. The highest BCUT2D eigenvalue weighted by Gasteiger charge is 2.43. The van der Waals surface area contributed by atoms with Crippen molar-refractivity contribution < 1.29 is 9.59 Å². The highest BCUT2D eigenvalue weighted by molar-refractivity contribution is 5.97. The Morgan fingerprint density at radius 1 is 0.875 bits per heavy atom. The number of carbonyl (C=O) groups excluding carboxylic acids is 2. The van der Waals surface area contributed by atoms with E-state index < -0.39 is 0 Å². The number of para-hydroxylation sites is 1. The summed E-state index contributed by atoms with van der Waals surface area (Å²) >= 11 is 0. The van der Waals surface area contributed by atoms with Crippen LogP contribution < -0.4 is 4.90 Å². The third-order valence-corrected chi connectivity index (χ3v) is 4.68. The number of urea groups is 1. The van der Waals surface area contributed by atoms with Crippen molar-refractivity contribution in [3.8, 4) is 0 Å². The van der Waals surface area contributed by atoms with Crippen molar-refractivity contribution in [3.63, 3.8) is 0 Å². The Kier molecular flexibility index (Phi) is 3.69. The minimum absolute atomic E-state index is 0.0124. The van der Waals surface area contributed by atoms with Crippen molar-refractivity contribution in [2.24, 2.45) is 0 Å². The average Bonchev–Trinajstić information content (AvgIpc) is 2.93. The molecule has 4 rings (SSSR count). The van der Waals surface area contributed by atoms with Gasteiger partial charge in [0.1, 0.15) is 6.54 Å². The van der Waals surface area contributed by atoms with E-state index in [2.05, 4.69) is 0 Å². The summed E-state index contributed by atoms with van der Waals surface area (Å²) in [7, 11) is 0. The van der Waals surface area contributed by atoms with Gasteiger partial charge in [0.2, 0.25) is 5.91 Å². The third kappa shape index (κ3) is 2.62. The van der Waals surface area contributed by atoms with Gasteiger partial charge in [-0.3, -0.25) is 9.69 Å². The molecule has 2 aliphatic rings. The van der Waals surface area contributed by atoms with E-state index in [1.165, 1.54) is 0 Å². The van der Waals surface area contributed by atoms with E-state index >= 15 is 0 Å². The molecule has 0 N–H and O–H groups in total. The van der Waals surface area contributed by atoms with Gasteiger partial charge in [-0.25, -0.2) is 4.79 Å². The Labute approximate surface area is 141 Å². The smallest absolute Gasteiger partial charge is 0.325 e. The van der Waals surface area contributed by atoms with Gasteiger partial charge in [0.15, 0.2) is 0 Å². The first kappa shape index (κ1) is 14.8. The Morgan fingerprint density at radius 3 is 2.25 bits per heavy atom. The second-order valence-corrected chi connectivity index (χ2v) is 6.27. The molecular weight excluding hydrogens is 302 g/mol. The zero-order valence-corrected chi connectivity index (χ0v) is 13.3. The summed E-state index contributed by atoms with van der Waals surface area (Å²) in [5, 5.41) is 0. The van der Waals surface area contributed by atoms with Gasteiger partial charge >= 0.3 is 6.03 Å². The van der Waals surface area contributed by atoms with E-state index in [1.54, 1.807) is 9.80 Å². The van der Waals surface area contributed by atoms with E-state index in [4.69, 9.17) is 0 Å². The van der Waals surface area contributed by atoms with Crippen molar-refractivity contribution in [1.29, 1.82) is 0 Å². The highest BCUT2D eigenvalue weighted by Crippen LogP contribution is 2.27. The standard InChI is InChI=1S/C19H19N3O2/c23-18-14-22-17(12-20(18)11-15-7-3-1-4-8-15)13-21(19(22)24)16-9-5-2-6-10-16/h1-10,17H,11-14H2. The van der Waals surface area contributed by atoms with E-state index in [0.717, 1.165) is 11.3 Å². The second-order valence-electron chi connectivity index (χ2n) is 6.27. The van der Waals surface area contributed by atoms with Gasteiger partial charge in [-0.1, -0.05) is 48.5 Å². The van der Waals surface area contributed by atoms with Crippen LogP contribution in [-0.2, 0) is 11.3 Å². The highest BCUT2D eigenvalue weighted by atomic mass is 16.2. The molecule has 2 aromatic carbocycles. The number of anilines is 1. The van der Waals surface area contributed by atoms with Crippen LogP contribution in [0.3, 0.4) is 0 Å². The number of amides is 3. The number of carbonyl (C=O) groups is 2. The lowest BCUT2D eigenvalue weighted by molar-refractivity contribution is -0.136. The van der Waals surface area contributed by atoms with Crippen LogP contribution in [0.25, 0.3) is 0 Å². The molecule has 3 amide bonds. The number of hydrogen-bond acceptors (Lipinski definition) is 2. The molecule has 24 heavy (non-hydrogen) atoms. The molecule has 5 heteroatoms. The van der Waals surface area contributed by atoms with Crippen molar-refractivity contribution in [2.75, 3.05) is 24.5 Å². The minimum Gasteiger partial charge on any atom is -0.335 e. The van der Waals surface area contributed by atoms with Gasteiger partial charge in [-0.05, 0) is 17.7 Å². The van der Waals surface area contributed by atoms with Gasteiger partial charge in [-0.2, -0.15) is 0 Å². The largest absolute Gasteiger partial charge is 0.335 e. The van der Waals surface area contributed by atoms with Crippen LogP contribution in [0, 0.1) is 0 Å². The maximum Gasteiger partial charge on any atom is 0.325 e. The molecule has 2 fully saturated rings. The predicted octanol–water partition coefficient (Wildman–Crippen LogP) is 2.34. The summed E-state index contributed by atoms with van der Waals surface area (Å²) in [6.07, 6.45) is 0. The van der Waals surface area contributed by atoms with Gasteiger partial charge in [0, 0.05) is 25.3 Å². The summed E-state index contributed by atoms with van der Waals surface area (Å²) in [4.78, 5) is 30.4. The maximum atomic E-state index is 12.6. The summed E-state index contributed by atoms with van der Waals surface area (Å²) in [6.45, 7) is 1.98. The minimum atomic E-state index is -0.0705. The monoisotopic (exact) mass is 321 g/mol. The average molecular weight is 321 g/mol. The van der Waals surface area contributed by atoms with Crippen LogP contribution in [0.1, 0.15) is 5.56 Å². The number of benzene rings is 2. The molecule has 0 spiro atoms. The van der Waals surface area contributed by atoms with Crippen LogP contribution in [0.15, 0.2) is 60.7 Å². The SMILES string of the molecule is O=C1CN2C(=O)N(c3ccccc3)CC2CN1Cc1ccccc1. The number of piperazine rings is 1. The van der Waals surface area contributed by atoms with Crippen molar-refractivity contribution in [1.82, 2.24) is 9.80 Å². The van der Waals surface area contributed by atoms with Crippen LogP contribution >= 0.6 is 0 Å². The van der Waals surface area contributed by atoms with Crippen molar-refractivity contribution in [3.05, 3.63) is 66.2 Å². The van der Waals surface area contributed by atoms with Gasteiger partial charge in [0.25, 0.3) is 0 Å². The van der Waals surface area contributed by atoms with E-state index in [9.17, 15) is 9.59 Å². The number of nitrogens with zero attached hydrogens (tertiary/aromatic N) is 3. The summed E-state index contributed by atoms with van der Waals surface area (Å²) in [6, 6.07) is 19.6. The lowest BCUT2D eigenvalue weighted by Gasteiger charge is -2.36. The molecular formula is C19H19N3O2. The molecule has 0 saturated carbocycles. The number of rotatable bonds is 3. The first-order chi connectivity index (χ1) is 11.7. The lowest BCUT2D eigenvalue weighted by atomic mass is 10.1. The molecule has 0 radical (unpaired) electrons. The van der Waals surface area contributed by atoms with E-state index in [0.29, 0.717) is 19.6 Å². The molecule has 0 aliphatic carbocycles. The molecule has 122 valence electrons.